The standard InChI is InChI=1S/C17H21F2N3/c1-12(2)11-21-5-7-22(8-6-21)17-15-10-14(18)4-3-13(15)9-16(19)20-17/h3-4,9-10,12H,5-8,11H2,1-2H3. The average Bonchev–Trinajstić information content (AvgIpc) is 2.47. The number of anilines is 1. The Kier molecular flexibility index (Phi) is 4.25. The minimum Gasteiger partial charge on any atom is -0.353 e. The number of piperazine rings is 1. The second kappa shape index (κ2) is 6.16. The molecule has 2 heterocycles. The summed E-state index contributed by atoms with van der Waals surface area (Å²) in [4.78, 5) is 8.49. The Morgan fingerprint density at radius 1 is 1.09 bits per heavy atom. The van der Waals surface area contributed by atoms with E-state index in [1.54, 1.807) is 6.07 Å². The number of pyridine rings is 1. The molecule has 0 unspecified atom stereocenters. The summed E-state index contributed by atoms with van der Waals surface area (Å²) in [5.41, 5.74) is 0. The Labute approximate surface area is 129 Å². The van der Waals surface area contributed by atoms with Crippen LogP contribution in [-0.4, -0.2) is 42.6 Å². The van der Waals surface area contributed by atoms with E-state index in [9.17, 15) is 8.78 Å². The normalized spacial score (nSPS) is 16.7. The van der Waals surface area contributed by atoms with E-state index in [0.29, 0.717) is 22.5 Å². The second-order valence-electron chi connectivity index (χ2n) is 6.32. The van der Waals surface area contributed by atoms with Crippen molar-refractivity contribution in [2.75, 3.05) is 37.6 Å². The maximum atomic E-state index is 13.8. The van der Waals surface area contributed by atoms with Gasteiger partial charge in [0.2, 0.25) is 5.95 Å². The molecule has 1 aliphatic heterocycles. The van der Waals surface area contributed by atoms with Crippen molar-refractivity contribution in [1.82, 2.24) is 9.88 Å². The maximum absolute atomic E-state index is 13.8. The SMILES string of the molecule is CC(C)CN1CCN(c2nc(F)cc3ccc(F)cc23)CC1. The Balaban J connectivity index is 1.86. The van der Waals surface area contributed by atoms with Crippen molar-refractivity contribution in [2.45, 2.75) is 13.8 Å². The summed E-state index contributed by atoms with van der Waals surface area (Å²) in [6, 6.07) is 5.75. The summed E-state index contributed by atoms with van der Waals surface area (Å²) < 4.78 is 27.3. The fourth-order valence-electron chi connectivity index (χ4n) is 3.07. The molecule has 1 aliphatic rings. The molecule has 3 rings (SSSR count). The molecule has 3 nitrogen and oxygen atoms in total. The van der Waals surface area contributed by atoms with Gasteiger partial charge < -0.3 is 4.90 Å². The van der Waals surface area contributed by atoms with E-state index in [-0.39, 0.29) is 5.82 Å². The minimum atomic E-state index is -0.515. The number of fused-ring (bicyclic) bond motifs is 1. The van der Waals surface area contributed by atoms with E-state index in [4.69, 9.17) is 0 Å². The van der Waals surface area contributed by atoms with Crippen LogP contribution in [0.3, 0.4) is 0 Å². The van der Waals surface area contributed by atoms with Gasteiger partial charge in [0.25, 0.3) is 0 Å². The first-order valence-corrected chi connectivity index (χ1v) is 7.76. The van der Waals surface area contributed by atoms with Crippen LogP contribution in [-0.2, 0) is 0 Å². The molecule has 118 valence electrons. The second-order valence-corrected chi connectivity index (χ2v) is 6.32. The molecule has 0 saturated carbocycles. The molecule has 0 spiro atoms. The quantitative estimate of drug-likeness (QED) is 0.811. The Bertz CT molecular complexity index is 664. The van der Waals surface area contributed by atoms with Gasteiger partial charge in [0.15, 0.2) is 0 Å². The van der Waals surface area contributed by atoms with Gasteiger partial charge in [0, 0.05) is 44.2 Å². The van der Waals surface area contributed by atoms with E-state index in [1.165, 1.54) is 18.2 Å². The fourth-order valence-corrected chi connectivity index (χ4v) is 3.07. The molecule has 22 heavy (non-hydrogen) atoms. The predicted octanol–water partition coefficient (Wildman–Crippen LogP) is 3.29. The van der Waals surface area contributed by atoms with E-state index in [1.807, 2.05) is 0 Å². The molecule has 1 aromatic carbocycles. The zero-order valence-corrected chi connectivity index (χ0v) is 13.0. The summed E-state index contributed by atoms with van der Waals surface area (Å²) in [6.07, 6.45) is 0. The highest BCUT2D eigenvalue weighted by atomic mass is 19.1. The van der Waals surface area contributed by atoms with Gasteiger partial charge in [0.1, 0.15) is 11.6 Å². The molecule has 1 fully saturated rings. The highest BCUT2D eigenvalue weighted by Crippen LogP contribution is 2.27. The van der Waals surface area contributed by atoms with E-state index >= 15 is 0 Å². The van der Waals surface area contributed by atoms with Gasteiger partial charge in [-0.2, -0.15) is 4.39 Å². The highest BCUT2D eigenvalue weighted by molar-refractivity contribution is 5.92. The Morgan fingerprint density at radius 2 is 1.82 bits per heavy atom. The lowest BCUT2D eigenvalue weighted by atomic mass is 10.1. The topological polar surface area (TPSA) is 19.4 Å². The van der Waals surface area contributed by atoms with Crippen molar-refractivity contribution in [3.63, 3.8) is 0 Å². The third-order valence-electron chi connectivity index (χ3n) is 4.04. The first kappa shape index (κ1) is 15.2. The van der Waals surface area contributed by atoms with Crippen LogP contribution < -0.4 is 4.90 Å². The monoisotopic (exact) mass is 305 g/mol. The van der Waals surface area contributed by atoms with Gasteiger partial charge in [-0.15, -0.1) is 0 Å². The van der Waals surface area contributed by atoms with Crippen LogP contribution in [0.4, 0.5) is 14.6 Å². The lowest BCUT2D eigenvalue weighted by Crippen LogP contribution is -2.47. The van der Waals surface area contributed by atoms with Gasteiger partial charge in [-0.1, -0.05) is 19.9 Å². The lowest BCUT2D eigenvalue weighted by molar-refractivity contribution is 0.231. The molecular formula is C17H21F2N3. The van der Waals surface area contributed by atoms with Gasteiger partial charge in [-0.25, -0.2) is 9.37 Å². The third kappa shape index (κ3) is 3.19. The molecular weight excluding hydrogens is 284 g/mol. The van der Waals surface area contributed by atoms with Crippen LogP contribution in [0.5, 0.6) is 0 Å². The van der Waals surface area contributed by atoms with E-state index in [0.717, 1.165) is 32.7 Å². The average molecular weight is 305 g/mol. The first-order chi connectivity index (χ1) is 10.5. The molecule has 5 heteroatoms. The van der Waals surface area contributed by atoms with Gasteiger partial charge >= 0.3 is 0 Å². The summed E-state index contributed by atoms with van der Waals surface area (Å²) in [7, 11) is 0. The minimum absolute atomic E-state index is 0.319. The third-order valence-corrected chi connectivity index (χ3v) is 4.04. The number of benzene rings is 1. The molecule has 0 aliphatic carbocycles. The highest BCUT2D eigenvalue weighted by Gasteiger charge is 2.21. The largest absolute Gasteiger partial charge is 0.353 e. The van der Waals surface area contributed by atoms with Crippen LogP contribution >= 0.6 is 0 Å². The zero-order valence-electron chi connectivity index (χ0n) is 13.0. The van der Waals surface area contributed by atoms with Crippen molar-refractivity contribution in [3.8, 4) is 0 Å². The Hall–Kier alpha value is -1.75. The van der Waals surface area contributed by atoms with Crippen molar-refractivity contribution in [3.05, 3.63) is 36.0 Å². The maximum Gasteiger partial charge on any atom is 0.215 e. The summed E-state index contributed by atoms with van der Waals surface area (Å²) in [5, 5.41) is 1.37. The van der Waals surface area contributed by atoms with Crippen molar-refractivity contribution in [1.29, 1.82) is 0 Å². The van der Waals surface area contributed by atoms with E-state index in [2.05, 4.69) is 28.6 Å². The molecule has 0 radical (unpaired) electrons. The van der Waals surface area contributed by atoms with Crippen molar-refractivity contribution < 1.29 is 8.78 Å². The smallest absolute Gasteiger partial charge is 0.215 e. The summed E-state index contributed by atoms with van der Waals surface area (Å²) in [5.74, 6) is 0.354. The number of rotatable bonds is 3. The van der Waals surface area contributed by atoms with Gasteiger partial charge in [-0.3, -0.25) is 4.90 Å². The molecule has 2 aromatic rings. The number of aromatic nitrogens is 1. The molecule has 0 bridgehead atoms. The number of hydrogen-bond donors (Lipinski definition) is 0. The van der Waals surface area contributed by atoms with E-state index < -0.39 is 5.95 Å². The number of nitrogens with zero attached hydrogens (tertiary/aromatic N) is 3. The van der Waals surface area contributed by atoms with Crippen molar-refractivity contribution in [2.24, 2.45) is 5.92 Å². The Morgan fingerprint density at radius 3 is 2.50 bits per heavy atom. The molecule has 0 amide bonds. The van der Waals surface area contributed by atoms with Crippen LogP contribution in [0.1, 0.15) is 13.8 Å². The number of hydrogen-bond acceptors (Lipinski definition) is 3. The predicted molar refractivity (Wildman–Crippen MR) is 85.2 cm³/mol. The summed E-state index contributed by atoms with van der Waals surface area (Å²) in [6.45, 7) is 8.90. The summed E-state index contributed by atoms with van der Waals surface area (Å²) >= 11 is 0. The lowest BCUT2D eigenvalue weighted by Gasteiger charge is -2.36. The molecule has 1 aromatic heterocycles. The number of halogens is 2. The first-order valence-electron chi connectivity index (χ1n) is 7.76. The zero-order chi connectivity index (χ0) is 15.7. The van der Waals surface area contributed by atoms with Crippen LogP contribution in [0.2, 0.25) is 0 Å². The molecule has 0 atom stereocenters. The van der Waals surface area contributed by atoms with Crippen LogP contribution in [0, 0.1) is 17.7 Å². The molecule has 1 saturated heterocycles. The van der Waals surface area contributed by atoms with Crippen LogP contribution in [0.25, 0.3) is 10.8 Å². The van der Waals surface area contributed by atoms with Crippen LogP contribution in [0.15, 0.2) is 24.3 Å². The fraction of sp³-hybridized carbons (Fsp3) is 0.471. The van der Waals surface area contributed by atoms with Crippen molar-refractivity contribution >= 4 is 16.6 Å². The van der Waals surface area contributed by atoms with Gasteiger partial charge in [-0.05, 0) is 23.4 Å². The van der Waals surface area contributed by atoms with Gasteiger partial charge in [0.05, 0.1) is 0 Å². The molecule has 0 N–H and O–H groups in total.